The van der Waals surface area contributed by atoms with Gasteiger partial charge in [0.05, 0.1) is 11.9 Å². The van der Waals surface area contributed by atoms with Crippen LogP contribution in [0.2, 0.25) is 5.02 Å². The SMILES string of the molecule is NNC(=O)c1cnn(-c2cccc(Cl)c2)c1N. The zero-order valence-corrected chi connectivity index (χ0v) is 9.48. The van der Waals surface area contributed by atoms with Crippen molar-refractivity contribution in [1.82, 2.24) is 15.2 Å². The summed E-state index contributed by atoms with van der Waals surface area (Å²) in [4.78, 5) is 11.4. The number of carbonyl (C=O) groups is 1. The van der Waals surface area contributed by atoms with E-state index in [9.17, 15) is 4.79 Å². The van der Waals surface area contributed by atoms with Gasteiger partial charge < -0.3 is 5.73 Å². The summed E-state index contributed by atoms with van der Waals surface area (Å²) in [5.41, 5.74) is 8.69. The van der Waals surface area contributed by atoms with Crippen molar-refractivity contribution < 1.29 is 4.79 Å². The van der Waals surface area contributed by atoms with Crippen molar-refractivity contribution in [3.05, 3.63) is 41.0 Å². The third-order valence-electron chi connectivity index (χ3n) is 2.23. The summed E-state index contributed by atoms with van der Waals surface area (Å²) in [6, 6.07) is 6.97. The molecule has 1 aromatic heterocycles. The maximum absolute atomic E-state index is 11.4. The Hall–Kier alpha value is -2.05. The van der Waals surface area contributed by atoms with Crippen molar-refractivity contribution in [2.45, 2.75) is 0 Å². The predicted octanol–water partition coefficient (Wildman–Crippen LogP) is 0.711. The largest absolute Gasteiger partial charge is 0.383 e. The van der Waals surface area contributed by atoms with E-state index in [1.165, 1.54) is 10.9 Å². The van der Waals surface area contributed by atoms with Gasteiger partial charge in [-0.1, -0.05) is 17.7 Å². The Balaban J connectivity index is 2.48. The summed E-state index contributed by atoms with van der Waals surface area (Å²) >= 11 is 5.86. The number of hydrogen-bond donors (Lipinski definition) is 3. The summed E-state index contributed by atoms with van der Waals surface area (Å²) in [5, 5.41) is 4.57. The van der Waals surface area contributed by atoms with E-state index in [2.05, 4.69) is 5.10 Å². The molecule has 7 heteroatoms. The second-order valence-electron chi connectivity index (χ2n) is 3.31. The van der Waals surface area contributed by atoms with Crippen molar-refractivity contribution >= 4 is 23.3 Å². The Morgan fingerprint density at radius 3 is 2.88 bits per heavy atom. The Kier molecular flexibility index (Phi) is 2.99. The molecule has 6 nitrogen and oxygen atoms in total. The molecular weight excluding hydrogens is 242 g/mol. The number of aromatic nitrogens is 2. The van der Waals surface area contributed by atoms with Gasteiger partial charge in [-0.05, 0) is 18.2 Å². The highest BCUT2D eigenvalue weighted by Crippen LogP contribution is 2.19. The van der Waals surface area contributed by atoms with Crippen LogP contribution in [0.4, 0.5) is 5.82 Å². The molecule has 0 atom stereocenters. The number of halogens is 1. The highest BCUT2D eigenvalue weighted by molar-refractivity contribution is 6.30. The molecule has 0 aliphatic rings. The molecule has 1 aromatic carbocycles. The fourth-order valence-corrected chi connectivity index (χ4v) is 1.61. The average Bonchev–Trinajstić information content (AvgIpc) is 2.70. The van der Waals surface area contributed by atoms with Gasteiger partial charge in [-0.2, -0.15) is 5.10 Å². The van der Waals surface area contributed by atoms with Crippen LogP contribution in [-0.2, 0) is 0 Å². The number of nitrogens with one attached hydrogen (secondary N) is 1. The molecule has 0 fully saturated rings. The van der Waals surface area contributed by atoms with E-state index in [4.69, 9.17) is 23.2 Å². The van der Waals surface area contributed by atoms with E-state index in [0.29, 0.717) is 10.7 Å². The van der Waals surface area contributed by atoms with Crippen molar-refractivity contribution in [1.29, 1.82) is 0 Å². The van der Waals surface area contributed by atoms with Gasteiger partial charge >= 0.3 is 0 Å². The zero-order chi connectivity index (χ0) is 12.4. The molecule has 0 radical (unpaired) electrons. The Morgan fingerprint density at radius 1 is 1.47 bits per heavy atom. The van der Waals surface area contributed by atoms with Crippen LogP contribution in [0.15, 0.2) is 30.5 Å². The number of anilines is 1. The van der Waals surface area contributed by atoms with Crippen LogP contribution in [0.3, 0.4) is 0 Å². The lowest BCUT2D eigenvalue weighted by atomic mass is 10.3. The third-order valence-corrected chi connectivity index (χ3v) is 2.47. The molecule has 0 unspecified atom stereocenters. The normalized spacial score (nSPS) is 10.2. The molecule has 0 aliphatic heterocycles. The van der Waals surface area contributed by atoms with Gasteiger partial charge in [0.15, 0.2) is 0 Å². The third kappa shape index (κ3) is 2.08. The van der Waals surface area contributed by atoms with Crippen LogP contribution in [-0.4, -0.2) is 15.7 Å². The van der Waals surface area contributed by atoms with E-state index >= 15 is 0 Å². The van der Waals surface area contributed by atoms with Gasteiger partial charge in [0, 0.05) is 5.02 Å². The van der Waals surface area contributed by atoms with E-state index in [1.807, 2.05) is 5.43 Å². The minimum atomic E-state index is -0.490. The van der Waals surface area contributed by atoms with Crippen molar-refractivity contribution in [2.75, 3.05) is 5.73 Å². The monoisotopic (exact) mass is 251 g/mol. The molecule has 88 valence electrons. The first-order valence-corrected chi connectivity index (χ1v) is 5.11. The summed E-state index contributed by atoms with van der Waals surface area (Å²) in [5.74, 6) is 4.75. The smallest absolute Gasteiger partial charge is 0.270 e. The van der Waals surface area contributed by atoms with Crippen LogP contribution in [0.1, 0.15) is 10.4 Å². The molecule has 2 aromatic rings. The molecule has 1 amide bonds. The van der Waals surface area contributed by atoms with E-state index in [1.54, 1.807) is 24.3 Å². The van der Waals surface area contributed by atoms with Crippen LogP contribution in [0.25, 0.3) is 5.69 Å². The Morgan fingerprint density at radius 2 is 2.24 bits per heavy atom. The highest BCUT2D eigenvalue weighted by Gasteiger charge is 2.14. The quantitative estimate of drug-likeness (QED) is 0.416. The topological polar surface area (TPSA) is 99.0 Å². The number of nitrogens with zero attached hydrogens (tertiary/aromatic N) is 2. The molecule has 17 heavy (non-hydrogen) atoms. The van der Waals surface area contributed by atoms with E-state index in [-0.39, 0.29) is 11.4 Å². The predicted molar refractivity (Wildman–Crippen MR) is 64.6 cm³/mol. The fourth-order valence-electron chi connectivity index (χ4n) is 1.42. The number of nitrogens with two attached hydrogens (primary N) is 2. The lowest BCUT2D eigenvalue weighted by Gasteiger charge is -2.05. The fraction of sp³-hybridized carbons (Fsp3) is 0. The summed E-state index contributed by atoms with van der Waals surface area (Å²) < 4.78 is 1.41. The molecule has 0 saturated heterocycles. The first-order chi connectivity index (χ1) is 8.13. The number of benzene rings is 1. The summed E-state index contributed by atoms with van der Waals surface area (Å²) in [6.07, 6.45) is 1.35. The average molecular weight is 252 g/mol. The number of nitrogen functional groups attached to an aromatic ring is 2. The van der Waals surface area contributed by atoms with Gasteiger partial charge in [-0.25, -0.2) is 10.5 Å². The molecule has 2 rings (SSSR count). The van der Waals surface area contributed by atoms with Crippen molar-refractivity contribution in [3.8, 4) is 5.69 Å². The number of hydrogen-bond acceptors (Lipinski definition) is 4. The van der Waals surface area contributed by atoms with Crippen LogP contribution in [0.5, 0.6) is 0 Å². The number of amides is 1. The van der Waals surface area contributed by atoms with Gasteiger partial charge in [0.25, 0.3) is 5.91 Å². The van der Waals surface area contributed by atoms with Crippen molar-refractivity contribution in [2.24, 2.45) is 5.84 Å². The number of carbonyl (C=O) groups excluding carboxylic acids is 1. The minimum absolute atomic E-state index is 0.204. The first kappa shape index (κ1) is 11.4. The van der Waals surface area contributed by atoms with E-state index < -0.39 is 5.91 Å². The molecule has 0 spiro atoms. The zero-order valence-electron chi connectivity index (χ0n) is 8.72. The van der Waals surface area contributed by atoms with Gasteiger partial charge in [-0.3, -0.25) is 10.2 Å². The molecular formula is C10H10ClN5O. The molecule has 5 N–H and O–H groups in total. The summed E-state index contributed by atoms with van der Waals surface area (Å²) in [6.45, 7) is 0. The molecule has 0 saturated carbocycles. The maximum atomic E-state index is 11.4. The standard InChI is InChI=1S/C10H10ClN5O/c11-6-2-1-3-7(4-6)16-9(12)8(5-14-16)10(17)15-13/h1-5H,12-13H2,(H,15,17). The Labute approximate surface area is 102 Å². The highest BCUT2D eigenvalue weighted by atomic mass is 35.5. The van der Waals surface area contributed by atoms with Crippen LogP contribution in [0, 0.1) is 0 Å². The lowest BCUT2D eigenvalue weighted by Crippen LogP contribution is -2.30. The van der Waals surface area contributed by atoms with Crippen molar-refractivity contribution in [3.63, 3.8) is 0 Å². The van der Waals surface area contributed by atoms with Gasteiger partial charge in [0.1, 0.15) is 11.4 Å². The molecule has 0 aliphatic carbocycles. The lowest BCUT2D eigenvalue weighted by molar-refractivity contribution is 0.0954. The van der Waals surface area contributed by atoms with Gasteiger partial charge in [-0.15, -0.1) is 0 Å². The Bertz CT molecular complexity index is 566. The summed E-state index contributed by atoms with van der Waals surface area (Å²) in [7, 11) is 0. The van der Waals surface area contributed by atoms with Crippen LogP contribution < -0.4 is 17.0 Å². The van der Waals surface area contributed by atoms with Crippen LogP contribution >= 0.6 is 11.6 Å². The minimum Gasteiger partial charge on any atom is -0.383 e. The van der Waals surface area contributed by atoms with E-state index in [0.717, 1.165) is 0 Å². The number of rotatable bonds is 2. The number of hydrazine groups is 1. The second-order valence-corrected chi connectivity index (χ2v) is 3.75. The molecule has 1 heterocycles. The van der Waals surface area contributed by atoms with Gasteiger partial charge in [0.2, 0.25) is 0 Å². The maximum Gasteiger partial charge on any atom is 0.270 e. The second kappa shape index (κ2) is 4.44. The first-order valence-electron chi connectivity index (χ1n) is 4.74. The molecule has 0 bridgehead atoms.